The van der Waals surface area contributed by atoms with Crippen molar-refractivity contribution >= 4 is 52.9 Å². The summed E-state index contributed by atoms with van der Waals surface area (Å²) in [5, 5.41) is 17.0. The maximum Gasteiger partial charge on any atom is 0.335 e. The molecule has 0 spiro atoms. The second-order valence-electron chi connectivity index (χ2n) is 9.35. The number of aryl methyl sites for hydroxylation is 1. The Labute approximate surface area is 247 Å². The van der Waals surface area contributed by atoms with Gasteiger partial charge >= 0.3 is 5.97 Å². The maximum absolute atomic E-state index is 13.3. The number of carboxylic acid groups (broad SMARTS) is 1. The molecule has 3 amide bonds. The molecule has 4 aromatic rings. The van der Waals surface area contributed by atoms with E-state index in [2.05, 4.69) is 16.0 Å². The molecule has 0 saturated carbocycles. The number of rotatable bonds is 10. The number of amides is 3. The summed E-state index contributed by atoms with van der Waals surface area (Å²) in [6, 6.07) is 29.2. The average Bonchev–Trinajstić information content (AvgIpc) is 2.99. The van der Waals surface area contributed by atoms with E-state index in [1.807, 2.05) is 37.3 Å². The molecule has 0 aliphatic rings. The van der Waals surface area contributed by atoms with E-state index in [0.717, 1.165) is 16.0 Å². The second kappa shape index (κ2) is 14.0. The zero-order valence-electron chi connectivity index (χ0n) is 23.0. The SMILES string of the molecule is Cc1ccccc1/C=C(\NC(=O)c1ccccc1)C(=O)Nc1ccc(SC(C)C(=O)Nc2cccc(C(=O)O)c2)cc1. The van der Waals surface area contributed by atoms with Crippen LogP contribution in [0.1, 0.15) is 38.8 Å². The summed E-state index contributed by atoms with van der Waals surface area (Å²) in [7, 11) is 0. The molecule has 0 heterocycles. The molecule has 0 saturated heterocycles. The van der Waals surface area contributed by atoms with Gasteiger partial charge < -0.3 is 21.1 Å². The summed E-state index contributed by atoms with van der Waals surface area (Å²) in [5.74, 6) is -2.24. The smallest absolute Gasteiger partial charge is 0.335 e. The lowest BCUT2D eigenvalue weighted by atomic mass is 10.1. The number of carboxylic acids is 1. The van der Waals surface area contributed by atoms with E-state index in [1.54, 1.807) is 73.7 Å². The number of thioether (sulfide) groups is 1. The second-order valence-corrected chi connectivity index (χ2v) is 10.8. The molecule has 9 heteroatoms. The summed E-state index contributed by atoms with van der Waals surface area (Å²) in [4.78, 5) is 50.8. The van der Waals surface area contributed by atoms with Crippen molar-refractivity contribution in [2.45, 2.75) is 24.0 Å². The zero-order chi connectivity index (χ0) is 30.1. The third-order valence-corrected chi connectivity index (χ3v) is 7.30. The van der Waals surface area contributed by atoms with Crippen molar-refractivity contribution in [3.05, 3.63) is 131 Å². The molecule has 0 aromatic heterocycles. The molecule has 212 valence electrons. The minimum atomic E-state index is -1.07. The fraction of sp³-hybridized carbons (Fsp3) is 0.0909. The summed E-state index contributed by atoms with van der Waals surface area (Å²) in [6.45, 7) is 3.67. The number of carbonyl (C=O) groups is 4. The first-order valence-electron chi connectivity index (χ1n) is 13.1. The van der Waals surface area contributed by atoms with Crippen molar-refractivity contribution in [2.24, 2.45) is 0 Å². The Morgan fingerprint density at radius 2 is 1.43 bits per heavy atom. The van der Waals surface area contributed by atoms with Crippen LogP contribution in [0.25, 0.3) is 6.08 Å². The van der Waals surface area contributed by atoms with Gasteiger partial charge in [-0.05, 0) is 85.6 Å². The average molecular weight is 580 g/mol. The van der Waals surface area contributed by atoms with Crippen LogP contribution in [0.5, 0.6) is 0 Å². The van der Waals surface area contributed by atoms with Crippen LogP contribution in [0.4, 0.5) is 11.4 Å². The minimum absolute atomic E-state index is 0.0854. The van der Waals surface area contributed by atoms with E-state index < -0.39 is 23.0 Å². The number of hydrogen-bond acceptors (Lipinski definition) is 5. The van der Waals surface area contributed by atoms with Crippen LogP contribution in [0.15, 0.2) is 114 Å². The molecule has 0 bridgehead atoms. The molecule has 1 atom stereocenters. The Bertz CT molecular complexity index is 1640. The Hall–Kier alpha value is -5.15. The van der Waals surface area contributed by atoms with Crippen molar-refractivity contribution < 1.29 is 24.3 Å². The van der Waals surface area contributed by atoms with Crippen LogP contribution in [0.3, 0.4) is 0 Å². The Morgan fingerprint density at radius 1 is 0.762 bits per heavy atom. The summed E-state index contributed by atoms with van der Waals surface area (Å²) in [5.41, 5.74) is 3.26. The molecule has 8 nitrogen and oxygen atoms in total. The molecule has 1 unspecified atom stereocenters. The van der Waals surface area contributed by atoms with Gasteiger partial charge in [-0.1, -0.05) is 48.5 Å². The van der Waals surface area contributed by atoms with E-state index in [0.29, 0.717) is 16.9 Å². The predicted molar refractivity (Wildman–Crippen MR) is 165 cm³/mol. The lowest BCUT2D eigenvalue weighted by Gasteiger charge is -2.14. The molecular weight excluding hydrogens is 550 g/mol. The highest BCUT2D eigenvalue weighted by molar-refractivity contribution is 8.00. The van der Waals surface area contributed by atoms with Gasteiger partial charge in [0.05, 0.1) is 10.8 Å². The molecular formula is C33H29N3O5S. The third-order valence-electron chi connectivity index (χ3n) is 6.19. The van der Waals surface area contributed by atoms with E-state index in [9.17, 15) is 19.2 Å². The van der Waals surface area contributed by atoms with Crippen LogP contribution >= 0.6 is 11.8 Å². The number of hydrogen-bond donors (Lipinski definition) is 4. The number of benzene rings is 4. The lowest BCUT2D eigenvalue weighted by molar-refractivity contribution is -0.115. The van der Waals surface area contributed by atoms with Crippen molar-refractivity contribution in [3.8, 4) is 0 Å². The van der Waals surface area contributed by atoms with E-state index in [1.165, 1.54) is 23.9 Å². The minimum Gasteiger partial charge on any atom is -0.478 e. The normalized spacial score (nSPS) is 11.7. The Morgan fingerprint density at radius 3 is 2.12 bits per heavy atom. The fourth-order valence-corrected chi connectivity index (χ4v) is 4.76. The molecule has 4 rings (SSSR count). The molecule has 4 N–H and O–H groups in total. The summed E-state index contributed by atoms with van der Waals surface area (Å²) < 4.78 is 0. The molecule has 42 heavy (non-hydrogen) atoms. The van der Waals surface area contributed by atoms with Crippen molar-refractivity contribution in [1.82, 2.24) is 5.32 Å². The molecule has 0 radical (unpaired) electrons. The Balaban J connectivity index is 1.43. The van der Waals surface area contributed by atoms with Crippen LogP contribution in [-0.2, 0) is 9.59 Å². The van der Waals surface area contributed by atoms with Crippen LogP contribution in [0, 0.1) is 6.92 Å². The highest BCUT2D eigenvalue weighted by Gasteiger charge is 2.17. The molecule has 4 aromatic carbocycles. The quantitative estimate of drug-likeness (QED) is 0.131. The van der Waals surface area contributed by atoms with Crippen LogP contribution in [-0.4, -0.2) is 34.0 Å². The molecule has 0 fully saturated rings. The first-order chi connectivity index (χ1) is 20.2. The highest BCUT2D eigenvalue weighted by atomic mass is 32.2. The van der Waals surface area contributed by atoms with Gasteiger partial charge in [0.15, 0.2) is 0 Å². The van der Waals surface area contributed by atoms with Gasteiger partial charge in [-0.25, -0.2) is 4.79 Å². The monoisotopic (exact) mass is 579 g/mol. The largest absolute Gasteiger partial charge is 0.478 e. The molecule has 0 aliphatic carbocycles. The number of carbonyl (C=O) groups excluding carboxylic acids is 3. The van der Waals surface area contributed by atoms with Gasteiger partial charge in [-0.15, -0.1) is 11.8 Å². The lowest BCUT2D eigenvalue weighted by Crippen LogP contribution is -2.30. The number of nitrogens with one attached hydrogen (secondary N) is 3. The first kappa shape index (κ1) is 29.8. The van der Waals surface area contributed by atoms with Gasteiger partial charge in [0, 0.05) is 21.8 Å². The van der Waals surface area contributed by atoms with Gasteiger partial charge in [0.1, 0.15) is 5.70 Å². The van der Waals surface area contributed by atoms with Crippen LogP contribution in [0.2, 0.25) is 0 Å². The zero-order valence-corrected chi connectivity index (χ0v) is 23.8. The fourth-order valence-electron chi connectivity index (χ4n) is 3.89. The first-order valence-corrected chi connectivity index (χ1v) is 13.9. The van der Waals surface area contributed by atoms with Crippen molar-refractivity contribution in [1.29, 1.82) is 0 Å². The van der Waals surface area contributed by atoms with E-state index in [-0.39, 0.29) is 17.2 Å². The highest BCUT2D eigenvalue weighted by Crippen LogP contribution is 2.26. The van der Waals surface area contributed by atoms with Crippen molar-refractivity contribution in [2.75, 3.05) is 10.6 Å². The Kier molecular flexibility index (Phi) is 9.91. The third kappa shape index (κ3) is 8.18. The number of aromatic carboxylic acids is 1. The van der Waals surface area contributed by atoms with Crippen molar-refractivity contribution in [3.63, 3.8) is 0 Å². The predicted octanol–water partition coefficient (Wildman–Crippen LogP) is 6.22. The van der Waals surface area contributed by atoms with E-state index in [4.69, 9.17) is 5.11 Å². The maximum atomic E-state index is 13.3. The standard InChI is InChI=1S/C33H29N3O5S/c1-21-9-6-7-12-24(21)20-29(36-31(38)23-10-4-3-5-11-23)32(39)34-26-15-17-28(18-16-26)42-22(2)30(37)35-27-14-8-13-25(19-27)33(40)41/h3-20,22H,1-2H3,(H,34,39)(H,35,37)(H,36,38)(H,40,41)/b29-20-. The van der Waals surface area contributed by atoms with Gasteiger partial charge in [-0.2, -0.15) is 0 Å². The van der Waals surface area contributed by atoms with Gasteiger partial charge in [0.25, 0.3) is 11.8 Å². The summed E-state index contributed by atoms with van der Waals surface area (Å²) in [6.07, 6.45) is 1.64. The van der Waals surface area contributed by atoms with E-state index >= 15 is 0 Å². The number of anilines is 2. The topological polar surface area (TPSA) is 125 Å². The summed E-state index contributed by atoms with van der Waals surface area (Å²) >= 11 is 1.32. The van der Waals surface area contributed by atoms with Gasteiger partial charge in [-0.3, -0.25) is 14.4 Å². The van der Waals surface area contributed by atoms with Crippen LogP contribution < -0.4 is 16.0 Å². The van der Waals surface area contributed by atoms with Gasteiger partial charge in [0.2, 0.25) is 5.91 Å². The molecule has 0 aliphatic heterocycles.